The molecule has 2 aromatic rings. The molecule has 0 bridgehead atoms. The van der Waals surface area contributed by atoms with Crippen molar-refractivity contribution in [2.75, 3.05) is 11.9 Å². The Hall–Kier alpha value is -1.76. The van der Waals surface area contributed by atoms with Crippen LogP contribution in [-0.2, 0) is 0 Å². The maximum absolute atomic E-state index is 2.25. The fourth-order valence-electron chi connectivity index (χ4n) is 2.26. The summed E-state index contributed by atoms with van der Waals surface area (Å²) < 4.78 is 0. The molecule has 2 aromatic carbocycles. The van der Waals surface area contributed by atoms with Crippen molar-refractivity contribution in [3.05, 3.63) is 47.7 Å². The van der Waals surface area contributed by atoms with Gasteiger partial charge in [-0.05, 0) is 30.0 Å². The van der Waals surface area contributed by atoms with Crippen molar-refractivity contribution in [1.82, 2.24) is 0 Å². The van der Waals surface area contributed by atoms with Crippen LogP contribution >= 0.6 is 0 Å². The maximum Gasteiger partial charge on any atom is 0.0491 e. The second-order valence-corrected chi connectivity index (χ2v) is 4.07. The van der Waals surface area contributed by atoms with E-state index in [0.717, 1.165) is 0 Å². The zero-order valence-corrected chi connectivity index (χ0v) is 8.99. The second-order valence-electron chi connectivity index (χ2n) is 4.07. The van der Waals surface area contributed by atoms with E-state index >= 15 is 0 Å². The van der Waals surface area contributed by atoms with Gasteiger partial charge in [-0.25, -0.2) is 0 Å². The first kappa shape index (κ1) is 8.54. The Bertz CT molecular complexity index is 561. The van der Waals surface area contributed by atoms with E-state index in [0.29, 0.717) is 0 Å². The van der Waals surface area contributed by atoms with Crippen molar-refractivity contribution in [3.8, 4) is 0 Å². The van der Waals surface area contributed by atoms with Crippen molar-refractivity contribution >= 4 is 22.5 Å². The Morgan fingerprint density at radius 2 is 1.73 bits per heavy atom. The highest BCUT2D eigenvalue weighted by molar-refractivity contribution is 6.03. The van der Waals surface area contributed by atoms with Gasteiger partial charge in [0.15, 0.2) is 0 Å². The predicted molar refractivity (Wildman–Crippen MR) is 66.0 cm³/mol. The molecule has 0 fully saturated rings. The summed E-state index contributed by atoms with van der Waals surface area (Å²) in [6.45, 7) is 2.15. The molecule has 1 nitrogen and oxygen atoms in total. The van der Waals surface area contributed by atoms with Gasteiger partial charge in [0.1, 0.15) is 0 Å². The SMILES string of the molecule is CC1=Cc2cccc3cccc(c23)N1C. The van der Waals surface area contributed by atoms with Crippen LogP contribution in [0.3, 0.4) is 0 Å². The zero-order valence-electron chi connectivity index (χ0n) is 8.99. The summed E-state index contributed by atoms with van der Waals surface area (Å²) in [6.07, 6.45) is 2.25. The molecule has 15 heavy (non-hydrogen) atoms. The summed E-state index contributed by atoms with van der Waals surface area (Å²) in [6, 6.07) is 13.0. The summed E-state index contributed by atoms with van der Waals surface area (Å²) in [5, 5.41) is 2.69. The molecular weight excluding hydrogens is 182 g/mol. The van der Waals surface area contributed by atoms with Gasteiger partial charge in [-0.15, -0.1) is 0 Å². The number of anilines is 1. The lowest BCUT2D eigenvalue weighted by Crippen LogP contribution is -2.17. The molecule has 3 rings (SSSR count). The van der Waals surface area contributed by atoms with Crippen LogP contribution in [0.2, 0.25) is 0 Å². The molecule has 0 saturated carbocycles. The van der Waals surface area contributed by atoms with Crippen LogP contribution in [0.5, 0.6) is 0 Å². The molecule has 1 heteroatoms. The smallest absolute Gasteiger partial charge is 0.0491 e. The molecule has 0 atom stereocenters. The van der Waals surface area contributed by atoms with Crippen molar-refractivity contribution in [2.24, 2.45) is 0 Å². The molecule has 0 aliphatic carbocycles. The van der Waals surface area contributed by atoms with E-state index in [1.807, 2.05) is 0 Å². The van der Waals surface area contributed by atoms with Gasteiger partial charge in [0.2, 0.25) is 0 Å². The summed E-state index contributed by atoms with van der Waals surface area (Å²) in [5.41, 5.74) is 3.93. The van der Waals surface area contributed by atoms with E-state index in [4.69, 9.17) is 0 Å². The molecule has 74 valence electrons. The molecular formula is C14H13N. The van der Waals surface area contributed by atoms with E-state index in [1.165, 1.54) is 27.7 Å². The molecule has 0 aromatic heterocycles. The number of nitrogens with zero attached hydrogens (tertiary/aromatic N) is 1. The number of rotatable bonds is 0. The van der Waals surface area contributed by atoms with Crippen molar-refractivity contribution in [3.63, 3.8) is 0 Å². The molecule has 0 unspecified atom stereocenters. The number of allylic oxidation sites excluding steroid dienone is 1. The summed E-state index contributed by atoms with van der Waals surface area (Å²) in [5.74, 6) is 0. The highest BCUT2D eigenvalue weighted by Gasteiger charge is 2.14. The Morgan fingerprint density at radius 1 is 1.00 bits per heavy atom. The molecule has 0 amide bonds. The Balaban J connectivity index is 2.49. The molecule has 0 N–H and O–H groups in total. The molecule has 1 aliphatic heterocycles. The van der Waals surface area contributed by atoms with E-state index < -0.39 is 0 Å². The van der Waals surface area contributed by atoms with Crippen LogP contribution in [0.25, 0.3) is 16.8 Å². The third-order valence-corrected chi connectivity index (χ3v) is 3.17. The standard InChI is InChI=1S/C14H13N/c1-10-9-12-7-3-5-11-6-4-8-13(14(11)12)15(10)2/h3-9H,1-2H3. The van der Waals surface area contributed by atoms with Gasteiger partial charge < -0.3 is 4.90 Å². The first-order chi connectivity index (χ1) is 7.27. The number of hydrogen-bond acceptors (Lipinski definition) is 1. The van der Waals surface area contributed by atoms with E-state index in [-0.39, 0.29) is 0 Å². The minimum atomic E-state index is 1.29. The fourth-order valence-corrected chi connectivity index (χ4v) is 2.26. The van der Waals surface area contributed by atoms with Crippen LogP contribution in [0.1, 0.15) is 12.5 Å². The lowest BCUT2D eigenvalue weighted by atomic mass is 9.98. The van der Waals surface area contributed by atoms with Gasteiger partial charge in [-0.1, -0.05) is 30.3 Å². The van der Waals surface area contributed by atoms with Crippen LogP contribution in [0, 0.1) is 0 Å². The lowest BCUT2D eigenvalue weighted by molar-refractivity contribution is 1.10. The van der Waals surface area contributed by atoms with Gasteiger partial charge >= 0.3 is 0 Å². The predicted octanol–water partition coefficient (Wildman–Crippen LogP) is 3.65. The van der Waals surface area contributed by atoms with Gasteiger partial charge in [0.05, 0.1) is 0 Å². The molecule has 0 saturated heterocycles. The normalized spacial score (nSPS) is 14.3. The van der Waals surface area contributed by atoms with E-state index in [2.05, 4.69) is 61.3 Å². The molecule has 1 heterocycles. The second kappa shape index (κ2) is 2.86. The maximum atomic E-state index is 2.25. The van der Waals surface area contributed by atoms with Gasteiger partial charge in [0.25, 0.3) is 0 Å². The topological polar surface area (TPSA) is 3.24 Å². The minimum Gasteiger partial charge on any atom is -0.348 e. The van der Waals surface area contributed by atoms with E-state index in [9.17, 15) is 0 Å². The van der Waals surface area contributed by atoms with Crippen molar-refractivity contribution in [2.45, 2.75) is 6.92 Å². The zero-order chi connectivity index (χ0) is 10.4. The average molecular weight is 195 g/mol. The average Bonchev–Trinajstić information content (AvgIpc) is 2.26. The molecule has 1 aliphatic rings. The molecule has 0 spiro atoms. The summed E-state index contributed by atoms with van der Waals surface area (Å²) in [4.78, 5) is 2.25. The minimum absolute atomic E-state index is 1.29. The largest absolute Gasteiger partial charge is 0.348 e. The number of benzene rings is 2. The Morgan fingerprint density at radius 3 is 2.53 bits per heavy atom. The highest BCUT2D eigenvalue weighted by atomic mass is 15.1. The van der Waals surface area contributed by atoms with E-state index in [1.54, 1.807) is 0 Å². The monoisotopic (exact) mass is 195 g/mol. The Labute approximate surface area is 89.6 Å². The van der Waals surface area contributed by atoms with Crippen LogP contribution in [-0.4, -0.2) is 7.05 Å². The lowest BCUT2D eigenvalue weighted by Gasteiger charge is -2.26. The Kier molecular flexibility index (Phi) is 1.63. The fraction of sp³-hybridized carbons (Fsp3) is 0.143. The van der Waals surface area contributed by atoms with Gasteiger partial charge in [-0.3, -0.25) is 0 Å². The van der Waals surface area contributed by atoms with Gasteiger partial charge in [-0.2, -0.15) is 0 Å². The van der Waals surface area contributed by atoms with Crippen molar-refractivity contribution < 1.29 is 0 Å². The molecule has 0 radical (unpaired) electrons. The summed E-state index contributed by atoms with van der Waals surface area (Å²) in [7, 11) is 2.12. The first-order valence-corrected chi connectivity index (χ1v) is 5.21. The highest BCUT2D eigenvalue weighted by Crippen LogP contribution is 2.35. The van der Waals surface area contributed by atoms with Crippen LogP contribution < -0.4 is 4.90 Å². The summed E-state index contributed by atoms with van der Waals surface area (Å²) >= 11 is 0. The van der Waals surface area contributed by atoms with Crippen LogP contribution in [0.15, 0.2) is 42.1 Å². The van der Waals surface area contributed by atoms with Crippen molar-refractivity contribution in [1.29, 1.82) is 0 Å². The third kappa shape index (κ3) is 1.09. The van der Waals surface area contributed by atoms with Crippen LogP contribution in [0.4, 0.5) is 5.69 Å². The van der Waals surface area contributed by atoms with Gasteiger partial charge in [0, 0.05) is 23.8 Å². The first-order valence-electron chi connectivity index (χ1n) is 5.21. The third-order valence-electron chi connectivity index (χ3n) is 3.17. The number of hydrogen-bond donors (Lipinski definition) is 0. The quantitative estimate of drug-likeness (QED) is 0.620.